The van der Waals surface area contributed by atoms with E-state index < -0.39 is 146 Å². The van der Waals surface area contributed by atoms with Crippen molar-refractivity contribution in [1.29, 1.82) is 0 Å². The van der Waals surface area contributed by atoms with E-state index in [0.717, 1.165) is 5.56 Å². The lowest BCUT2D eigenvalue weighted by atomic mass is 9.92. The number of aliphatic hydroxyl groups is 3. The van der Waals surface area contributed by atoms with Crippen LogP contribution in [0.25, 0.3) is 0 Å². The summed E-state index contributed by atoms with van der Waals surface area (Å²) in [5, 5.41) is 94.8. The molecule has 33 heteroatoms. The van der Waals surface area contributed by atoms with Gasteiger partial charge in [0.25, 0.3) is 0 Å². The molecule has 0 saturated carbocycles. The summed E-state index contributed by atoms with van der Waals surface area (Å²) in [5.41, 5.74) is 3.98. The van der Waals surface area contributed by atoms with Gasteiger partial charge in [0.2, 0.25) is 54.2 Å². The van der Waals surface area contributed by atoms with Crippen LogP contribution in [0.1, 0.15) is 112 Å². The number of benzene rings is 2. The fraction of sp³-hybridized carbons (Fsp3) is 0.567. The molecule has 2 aromatic carbocycles. The summed E-state index contributed by atoms with van der Waals surface area (Å²) in [7, 11) is 1.69. The van der Waals surface area contributed by atoms with Crippen LogP contribution < -0.4 is 37.3 Å². The summed E-state index contributed by atoms with van der Waals surface area (Å²) in [6.45, 7) is 1.10. The van der Waals surface area contributed by atoms with Crippen molar-refractivity contribution < 1.29 is 108 Å². The number of hydrogen-bond donors (Lipinski definition) is 15. The molecule has 0 aliphatic carbocycles. The second-order valence-corrected chi connectivity index (χ2v) is 22.1. The number of phenols is 2. The second kappa shape index (κ2) is 41.6. The number of hydroxylamine groups is 4. The van der Waals surface area contributed by atoms with Crippen LogP contribution in [0.15, 0.2) is 47.5 Å². The molecule has 1 saturated heterocycles. The Kier molecular flexibility index (Phi) is 35.0. The quantitative estimate of drug-likeness (QED) is 0.0107. The van der Waals surface area contributed by atoms with Crippen LogP contribution in [0.4, 0.5) is 0 Å². The maximum absolute atomic E-state index is 13.8. The number of aryl methyl sites for hydroxylation is 1. The van der Waals surface area contributed by atoms with Crippen LogP contribution >= 0.6 is 0 Å². The third-order valence-corrected chi connectivity index (χ3v) is 14.8. The molecule has 8 atom stereocenters. The fourth-order valence-corrected chi connectivity index (χ4v) is 9.63. The highest BCUT2D eigenvalue weighted by Crippen LogP contribution is 2.25. The van der Waals surface area contributed by atoms with Gasteiger partial charge in [-0.1, -0.05) is 23.8 Å². The highest BCUT2D eigenvalue weighted by molar-refractivity contribution is 6.03. The summed E-state index contributed by atoms with van der Waals surface area (Å²) in [4.78, 5) is 166. The van der Waals surface area contributed by atoms with E-state index in [1.807, 2.05) is 6.92 Å². The first kappa shape index (κ1) is 78.4. The number of ketones is 4. The van der Waals surface area contributed by atoms with E-state index in [1.54, 1.807) is 19.2 Å². The molecule has 4 rings (SSSR count). The maximum Gasteiger partial charge on any atom is 0.305 e. The van der Waals surface area contributed by atoms with Crippen molar-refractivity contribution in [3.05, 3.63) is 59.2 Å². The molecule has 33 nitrogen and oxygen atoms in total. The number of nitrogens with one attached hydrogen (secondary N) is 7. The summed E-state index contributed by atoms with van der Waals surface area (Å²) < 4.78 is 5.51. The molecule has 0 radical (unpaired) electrons. The van der Waals surface area contributed by atoms with Crippen molar-refractivity contribution in [2.24, 2.45) is 22.7 Å². The molecular weight excluding hydrogens is 1230 g/mol. The Balaban J connectivity index is 0.000000485. The van der Waals surface area contributed by atoms with Crippen molar-refractivity contribution in [3.63, 3.8) is 0 Å². The van der Waals surface area contributed by atoms with Crippen molar-refractivity contribution in [2.45, 2.75) is 128 Å². The number of carbonyl (C=O) groups is 13. The topological polar surface area (TPSA) is 499 Å². The number of rotatable bonds is 42. The van der Waals surface area contributed by atoms with E-state index in [-0.39, 0.29) is 119 Å². The number of Topliss-reactive ketones (excluding diaryl/α,β-unsaturated/α-hetero) is 4. The number of carboxylic acids is 1. The zero-order valence-electron chi connectivity index (χ0n) is 52.2. The summed E-state index contributed by atoms with van der Waals surface area (Å²) >= 11 is 0. The molecule has 8 amide bonds. The van der Waals surface area contributed by atoms with Crippen LogP contribution in [0.3, 0.4) is 0 Å². The Morgan fingerprint density at radius 3 is 1.90 bits per heavy atom. The monoisotopic (exact) mass is 1310 g/mol. The molecule has 93 heavy (non-hydrogen) atoms. The van der Waals surface area contributed by atoms with Crippen LogP contribution in [0.5, 0.6) is 11.5 Å². The van der Waals surface area contributed by atoms with E-state index in [4.69, 9.17) is 9.84 Å². The minimum atomic E-state index is -1.54. The molecule has 0 bridgehead atoms. The number of hydrogen-bond acceptors (Lipinski definition) is 24. The molecule has 514 valence electrons. The Morgan fingerprint density at radius 2 is 1.30 bits per heavy atom. The number of aliphatic hydroxyl groups excluding tert-OH is 3. The maximum atomic E-state index is 13.8. The van der Waals surface area contributed by atoms with Gasteiger partial charge in [-0.15, -0.1) is 0 Å². The molecule has 0 unspecified atom stereocenters. The minimum absolute atomic E-state index is 0.0303. The van der Waals surface area contributed by atoms with Gasteiger partial charge in [0, 0.05) is 70.2 Å². The fourth-order valence-electron chi connectivity index (χ4n) is 9.63. The van der Waals surface area contributed by atoms with Crippen LogP contribution in [-0.2, 0) is 62.3 Å². The standard InChI is InChI=1S/C30H42N6O10.C30H45N5O12/c1-18-7-8-25(40)21(13-18)29-34-23(16-46-29)27(42)33-22(15-37)26(41)14-20(5-4-12-35(45)17-38)30(44)36-24(6-3-10-32-36)28(43)31-11-9-19(2)39;1-31-11-4-8-22(30(46)32-12-10-27(42)43)33-28(44)19(6-5-13-35(47)18-38)14-26(41)23(17-37)34-29(45)20(16-36)15-25(40)21-7-2-3-9-24(21)39/h7-8,13,17,20,22-24,32,37,40,45H,3-6,9-12,14-16H2,1-2H3,(H,31,43)(H,33,42);2-3,7,9,18-20,22-23,31,36-37,39,47H,4-6,8,10-17H2,1H3,(H,32,46)(H,33,44)(H,34,45)(H,42,43)/t20-,22-,23-,24+;19-,20-,22+,23-/m00/s1. The normalized spacial score (nSPS) is 16.1. The number of carbonyl (C=O) groups excluding carboxylic acids is 12. The molecule has 1 fully saturated rings. The molecule has 2 aromatic rings. The van der Waals surface area contributed by atoms with Gasteiger partial charge in [-0.2, -0.15) is 0 Å². The molecular formula is C60H87N11O22. The molecule has 0 aromatic heterocycles. The van der Waals surface area contributed by atoms with Crippen LogP contribution in [0, 0.1) is 24.7 Å². The highest BCUT2D eigenvalue weighted by atomic mass is 16.5. The Labute approximate surface area is 535 Å². The minimum Gasteiger partial charge on any atom is -0.507 e. The van der Waals surface area contributed by atoms with E-state index >= 15 is 0 Å². The van der Waals surface area contributed by atoms with Crippen molar-refractivity contribution in [3.8, 4) is 11.5 Å². The first-order valence-electron chi connectivity index (χ1n) is 30.2. The van der Waals surface area contributed by atoms with Gasteiger partial charge in [0.05, 0.1) is 43.3 Å². The van der Waals surface area contributed by atoms with Gasteiger partial charge in [-0.3, -0.25) is 77.8 Å². The molecule has 15 N–H and O–H groups in total. The zero-order valence-corrected chi connectivity index (χ0v) is 52.2. The Bertz CT molecular complexity index is 2920. The van der Waals surface area contributed by atoms with Gasteiger partial charge in [-0.25, -0.2) is 20.5 Å². The van der Waals surface area contributed by atoms with E-state index in [2.05, 4.69) is 42.3 Å². The summed E-state index contributed by atoms with van der Waals surface area (Å²) in [6.07, 6.45) is 0.332. The van der Waals surface area contributed by atoms with Gasteiger partial charge < -0.3 is 67.3 Å². The summed E-state index contributed by atoms with van der Waals surface area (Å²) in [5.74, 6) is -11.3. The van der Waals surface area contributed by atoms with Crippen molar-refractivity contribution >= 4 is 83.3 Å². The highest BCUT2D eigenvalue weighted by Gasteiger charge is 2.39. The van der Waals surface area contributed by atoms with E-state index in [9.17, 15) is 98.3 Å². The lowest BCUT2D eigenvalue weighted by molar-refractivity contribution is -0.153. The number of phenolic OH excluding ortho intramolecular Hbond substituents is 2. The number of aliphatic imine (C=N–C) groups is 1. The van der Waals surface area contributed by atoms with E-state index in [0.29, 0.717) is 48.0 Å². The number of amides is 8. The van der Waals surface area contributed by atoms with Crippen LogP contribution in [0.2, 0.25) is 0 Å². The molecule has 0 spiro atoms. The van der Waals surface area contributed by atoms with Gasteiger partial charge >= 0.3 is 5.97 Å². The Hall–Kier alpha value is -8.86. The number of ether oxygens (including phenoxy) is 1. The van der Waals surface area contributed by atoms with Crippen molar-refractivity contribution in [2.75, 3.05) is 72.7 Å². The van der Waals surface area contributed by atoms with Gasteiger partial charge in [0.15, 0.2) is 23.4 Å². The molecule has 2 heterocycles. The third kappa shape index (κ3) is 27.1. The van der Waals surface area contributed by atoms with Gasteiger partial charge in [0.1, 0.15) is 48.1 Å². The number of nitrogens with zero attached hydrogens (tertiary/aromatic N) is 4. The largest absolute Gasteiger partial charge is 0.507 e. The average Bonchev–Trinajstić information content (AvgIpc) is 2.13. The zero-order chi connectivity index (χ0) is 69.2. The average molecular weight is 1310 g/mol. The number of para-hydroxylation sites is 1. The predicted octanol–water partition coefficient (Wildman–Crippen LogP) is -2.55. The Morgan fingerprint density at radius 1 is 0.699 bits per heavy atom. The van der Waals surface area contributed by atoms with Crippen LogP contribution in [-0.4, -0.2) is 242 Å². The van der Waals surface area contributed by atoms with E-state index in [1.165, 1.54) is 42.3 Å². The van der Waals surface area contributed by atoms with Gasteiger partial charge in [-0.05, 0) is 103 Å². The number of aliphatic carboxylic acids is 1. The predicted molar refractivity (Wildman–Crippen MR) is 325 cm³/mol. The third-order valence-electron chi connectivity index (χ3n) is 14.8. The lowest BCUT2D eigenvalue weighted by Gasteiger charge is -2.37. The molecule has 2 aliphatic rings. The first-order chi connectivity index (χ1) is 44.3. The number of aromatic hydroxyl groups is 2. The number of carboxylic acid groups (broad SMARTS) is 1. The SMILES string of the molecule is CC(=O)CCNC(=O)[C@H]1CCCNN1C(=O)[C@@H](CCCN(O)C=O)CC(=O)[C@H](CO)NC(=O)[C@@H]1COC(c2cc(C)ccc2O)=N1.CNCCC[C@@H](NC(=O)[C@@H](CCCN(O)C=O)CC(=O)[C@H](CO)NC(=O)[C@H](CO)CC(=O)c1ccccc1O)C(=O)NCCC(=O)O. The lowest BCUT2D eigenvalue weighted by Crippen LogP contribution is -2.60. The number of hydrazine groups is 1. The van der Waals surface area contributed by atoms with Crippen molar-refractivity contribution in [1.82, 2.24) is 52.5 Å². The molecule has 2 aliphatic heterocycles. The summed E-state index contributed by atoms with van der Waals surface area (Å²) in [6, 6.07) is 4.44. The first-order valence-corrected chi connectivity index (χ1v) is 30.2. The smallest absolute Gasteiger partial charge is 0.305 e. The second-order valence-electron chi connectivity index (χ2n) is 22.1.